The predicted molar refractivity (Wildman–Crippen MR) is 99.6 cm³/mol. The van der Waals surface area contributed by atoms with Crippen molar-refractivity contribution < 1.29 is 14.3 Å². The number of hydrogen-bond acceptors (Lipinski definition) is 6. The van der Waals surface area contributed by atoms with Crippen LogP contribution in [0.1, 0.15) is 54.2 Å². The van der Waals surface area contributed by atoms with Crippen LogP contribution < -0.4 is 5.56 Å². The molecule has 0 aliphatic carbocycles. The Hall–Kier alpha value is -2.22. The Labute approximate surface area is 155 Å². The molecule has 7 nitrogen and oxygen atoms in total. The second kappa shape index (κ2) is 7.19. The molecule has 2 atom stereocenters. The van der Waals surface area contributed by atoms with Crippen molar-refractivity contribution in [2.45, 2.75) is 59.0 Å². The number of nitrogens with one attached hydrogen (secondary N) is 1. The summed E-state index contributed by atoms with van der Waals surface area (Å²) in [5.41, 5.74) is 0.267. The predicted octanol–water partition coefficient (Wildman–Crippen LogP) is 2.55. The van der Waals surface area contributed by atoms with Gasteiger partial charge in [0.25, 0.3) is 11.5 Å². The zero-order chi connectivity index (χ0) is 19.0. The first-order chi connectivity index (χ1) is 12.3. The van der Waals surface area contributed by atoms with Crippen molar-refractivity contribution in [2.75, 3.05) is 6.61 Å². The highest BCUT2D eigenvalue weighted by Crippen LogP contribution is 2.28. The lowest BCUT2D eigenvalue weighted by atomic mass is 9.97. The number of H-pyrrole nitrogens is 1. The van der Waals surface area contributed by atoms with Crippen LogP contribution in [0.3, 0.4) is 0 Å². The van der Waals surface area contributed by atoms with Crippen molar-refractivity contribution in [1.82, 2.24) is 14.9 Å². The monoisotopic (exact) mass is 377 g/mol. The molecule has 0 aromatic carbocycles. The fourth-order valence-corrected chi connectivity index (χ4v) is 4.75. The highest BCUT2D eigenvalue weighted by atomic mass is 32.1. The molecule has 1 aliphatic heterocycles. The van der Waals surface area contributed by atoms with Crippen molar-refractivity contribution in [3.63, 3.8) is 0 Å². The van der Waals surface area contributed by atoms with Crippen LogP contribution in [-0.4, -0.2) is 45.4 Å². The quantitative estimate of drug-likeness (QED) is 0.830. The minimum absolute atomic E-state index is 0.154. The Kier molecular flexibility index (Phi) is 5.13. The van der Waals surface area contributed by atoms with Crippen LogP contribution in [0.2, 0.25) is 0 Å². The summed E-state index contributed by atoms with van der Waals surface area (Å²) in [6.07, 6.45) is 3.04. The number of amides is 1. The minimum Gasteiger partial charge on any atom is -0.451 e. The van der Waals surface area contributed by atoms with Crippen LogP contribution in [0.4, 0.5) is 0 Å². The molecule has 8 heteroatoms. The number of aromatic amines is 1. The lowest BCUT2D eigenvalue weighted by molar-refractivity contribution is -0.140. The number of likely N-dealkylation sites (tertiary alicyclic amines) is 1. The van der Waals surface area contributed by atoms with Crippen LogP contribution in [0.15, 0.2) is 4.79 Å². The minimum atomic E-state index is -0.590. The number of aryl methyl sites for hydroxylation is 2. The molecule has 140 valence electrons. The van der Waals surface area contributed by atoms with Gasteiger partial charge in [-0.1, -0.05) is 0 Å². The topological polar surface area (TPSA) is 92.4 Å². The third-order valence-electron chi connectivity index (χ3n) is 4.91. The molecule has 3 rings (SSSR count). The van der Waals surface area contributed by atoms with Gasteiger partial charge in [0, 0.05) is 12.1 Å². The van der Waals surface area contributed by atoms with Gasteiger partial charge in [-0.05, 0) is 52.5 Å². The number of fused-ring (bicyclic) bond motifs is 1. The maximum Gasteiger partial charge on any atom is 0.349 e. The lowest BCUT2D eigenvalue weighted by Crippen LogP contribution is -2.49. The second-order valence-corrected chi connectivity index (χ2v) is 7.89. The third-order valence-corrected chi connectivity index (χ3v) is 6.08. The highest BCUT2D eigenvalue weighted by Gasteiger charge is 2.30. The van der Waals surface area contributed by atoms with E-state index in [4.69, 9.17) is 4.74 Å². The molecular formula is C18H23N3O4S. The maximum absolute atomic E-state index is 12.5. The summed E-state index contributed by atoms with van der Waals surface area (Å²) in [5, 5.41) is 0.400. The van der Waals surface area contributed by atoms with Crippen LogP contribution in [-0.2, 0) is 9.53 Å². The first-order valence-electron chi connectivity index (χ1n) is 8.78. The van der Waals surface area contributed by atoms with E-state index in [-0.39, 0.29) is 30.2 Å². The average Bonchev–Trinajstić information content (AvgIpc) is 2.89. The van der Waals surface area contributed by atoms with Gasteiger partial charge in [-0.25, -0.2) is 9.78 Å². The van der Waals surface area contributed by atoms with Gasteiger partial charge < -0.3 is 14.6 Å². The number of carbonyl (C=O) groups is 2. The van der Waals surface area contributed by atoms with Gasteiger partial charge in [-0.3, -0.25) is 9.59 Å². The van der Waals surface area contributed by atoms with E-state index in [9.17, 15) is 14.4 Å². The number of aromatic nitrogens is 2. The molecule has 2 aromatic rings. The summed E-state index contributed by atoms with van der Waals surface area (Å²) >= 11 is 1.12. The van der Waals surface area contributed by atoms with Crippen LogP contribution in [0.25, 0.3) is 10.2 Å². The van der Waals surface area contributed by atoms with Crippen molar-refractivity contribution in [1.29, 1.82) is 0 Å². The van der Waals surface area contributed by atoms with E-state index in [1.807, 2.05) is 18.7 Å². The van der Waals surface area contributed by atoms with Gasteiger partial charge in [0.05, 0.1) is 5.39 Å². The number of carbonyl (C=O) groups excluding carboxylic acids is 2. The molecule has 1 fully saturated rings. The van der Waals surface area contributed by atoms with Gasteiger partial charge in [0.2, 0.25) is 0 Å². The van der Waals surface area contributed by atoms with Gasteiger partial charge in [0.15, 0.2) is 6.61 Å². The van der Waals surface area contributed by atoms with Crippen molar-refractivity contribution >= 4 is 33.4 Å². The SMILES string of the molecule is Cc1nc2sc(C(=O)OCC(=O)N3[C@@H](C)CCC[C@@H]3C)c(C)c2c(=O)[nH]1. The Balaban J connectivity index is 1.75. The smallest absolute Gasteiger partial charge is 0.349 e. The molecule has 3 heterocycles. The third kappa shape index (κ3) is 3.38. The molecule has 1 saturated heterocycles. The van der Waals surface area contributed by atoms with E-state index in [0.29, 0.717) is 26.5 Å². The largest absolute Gasteiger partial charge is 0.451 e. The van der Waals surface area contributed by atoms with Gasteiger partial charge in [0.1, 0.15) is 15.5 Å². The van der Waals surface area contributed by atoms with E-state index in [1.165, 1.54) is 0 Å². The summed E-state index contributed by atoms with van der Waals surface area (Å²) in [6, 6.07) is 0.309. The average molecular weight is 377 g/mol. The van der Waals surface area contributed by atoms with Crippen molar-refractivity contribution in [2.24, 2.45) is 0 Å². The number of piperidine rings is 1. The molecule has 0 spiro atoms. The van der Waals surface area contributed by atoms with Gasteiger partial charge in [-0.2, -0.15) is 0 Å². The zero-order valence-electron chi connectivity index (χ0n) is 15.4. The van der Waals surface area contributed by atoms with Crippen LogP contribution in [0.5, 0.6) is 0 Å². The maximum atomic E-state index is 12.5. The Bertz CT molecular complexity index is 907. The molecule has 1 N–H and O–H groups in total. The molecule has 2 aromatic heterocycles. The van der Waals surface area contributed by atoms with E-state index in [2.05, 4.69) is 9.97 Å². The van der Waals surface area contributed by atoms with Crippen LogP contribution >= 0.6 is 11.3 Å². The number of esters is 1. The van der Waals surface area contributed by atoms with E-state index in [0.717, 1.165) is 30.6 Å². The summed E-state index contributed by atoms with van der Waals surface area (Å²) in [5.74, 6) is -0.274. The fourth-order valence-electron chi connectivity index (χ4n) is 3.63. The van der Waals surface area contributed by atoms with Crippen molar-refractivity contribution in [3.05, 3.63) is 26.6 Å². The molecule has 0 bridgehead atoms. The molecular weight excluding hydrogens is 354 g/mol. The zero-order valence-corrected chi connectivity index (χ0v) is 16.2. The fraction of sp³-hybridized carbons (Fsp3) is 0.556. The molecule has 1 aliphatic rings. The van der Waals surface area contributed by atoms with Gasteiger partial charge >= 0.3 is 5.97 Å². The molecule has 26 heavy (non-hydrogen) atoms. The standard InChI is InChI=1S/C18H23N3O4S/c1-9-6-5-7-10(2)21(9)13(22)8-25-18(24)15-11(3)14-16(23)19-12(4)20-17(14)26-15/h9-10H,5-8H2,1-4H3,(H,19,20,23)/t9-,10-/m0/s1. The Morgan fingerprint density at radius 3 is 2.58 bits per heavy atom. The first-order valence-corrected chi connectivity index (χ1v) is 9.59. The Morgan fingerprint density at radius 1 is 1.27 bits per heavy atom. The molecule has 0 radical (unpaired) electrons. The molecule has 1 amide bonds. The van der Waals surface area contributed by atoms with E-state index in [1.54, 1.807) is 13.8 Å². The normalized spacial score (nSPS) is 20.4. The summed E-state index contributed by atoms with van der Waals surface area (Å²) in [6.45, 7) is 7.13. The number of hydrogen-bond donors (Lipinski definition) is 1. The Morgan fingerprint density at radius 2 is 1.92 bits per heavy atom. The summed E-state index contributed by atoms with van der Waals surface area (Å²) in [4.78, 5) is 46.6. The summed E-state index contributed by atoms with van der Waals surface area (Å²) < 4.78 is 5.26. The van der Waals surface area contributed by atoms with E-state index < -0.39 is 5.97 Å². The number of ether oxygens (including phenoxy) is 1. The first kappa shape index (κ1) is 18.6. The molecule has 0 saturated carbocycles. The number of nitrogens with zero attached hydrogens (tertiary/aromatic N) is 2. The molecule has 0 unspecified atom stereocenters. The summed E-state index contributed by atoms with van der Waals surface area (Å²) in [7, 11) is 0. The van der Waals surface area contributed by atoms with Gasteiger partial charge in [-0.15, -0.1) is 11.3 Å². The number of thiophene rings is 1. The highest BCUT2D eigenvalue weighted by molar-refractivity contribution is 7.20. The van der Waals surface area contributed by atoms with Crippen molar-refractivity contribution in [3.8, 4) is 0 Å². The van der Waals surface area contributed by atoms with E-state index >= 15 is 0 Å². The van der Waals surface area contributed by atoms with Crippen LogP contribution in [0, 0.1) is 13.8 Å². The number of rotatable bonds is 3. The lowest BCUT2D eigenvalue weighted by Gasteiger charge is -2.38. The second-order valence-electron chi connectivity index (χ2n) is 6.89.